The van der Waals surface area contributed by atoms with E-state index < -0.39 is 9.70 Å². The molecule has 0 amide bonds. The zero-order valence-electron chi connectivity index (χ0n) is 23.6. The lowest BCUT2D eigenvalue weighted by molar-refractivity contribution is -0.233. The number of carbonyl (C=O) groups is 1. The van der Waals surface area contributed by atoms with Crippen molar-refractivity contribution in [2.45, 2.75) is 117 Å². The number of ketones is 1. The molecular formula is C31H47BrClNO2. The molecule has 5 heteroatoms. The van der Waals surface area contributed by atoms with Gasteiger partial charge in [0.1, 0.15) is 4.29 Å². The summed E-state index contributed by atoms with van der Waals surface area (Å²) in [5.41, 5.74) is 0.270. The van der Waals surface area contributed by atoms with Crippen LogP contribution < -0.4 is 0 Å². The molecule has 1 aliphatic heterocycles. The number of rotatable bonds is 4. The van der Waals surface area contributed by atoms with Gasteiger partial charge in [-0.3, -0.25) is 4.79 Å². The van der Waals surface area contributed by atoms with E-state index in [1.165, 1.54) is 32.1 Å². The Morgan fingerprint density at radius 3 is 2.36 bits per heavy atom. The third kappa shape index (κ3) is 3.40. The van der Waals surface area contributed by atoms with Crippen molar-refractivity contribution in [2.24, 2.45) is 56.2 Å². The van der Waals surface area contributed by atoms with Crippen molar-refractivity contribution in [3.63, 3.8) is 0 Å². The molecule has 2 bridgehead atoms. The van der Waals surface area contributed by atoms with Crippen LogP contribution in [-0.4, -0.2) is 22.8 Å². The van der Waals surface area contributed by atoms with Crippen molar-refractivity contribution in [3.8, 4) is 6.07 Å². The van der Waals surface area contributed by atoms with Crippen LogP contribution in [0.5, 0.6) is 0 Å². The van der Waals surface area contributed by atoms with E-state index in [-0.39, 0.29) is 33.4 Å². The van der Waals surface area contributed by atoms with Gasteiger partial charge in [-0.15, -0.1) is 11.6 Å². The van der Waals surface area contributed by atoms with Crippen molar-refractivity contribution in [1.29, 1.82) is 5.26 Å². The molecule has 1 heterocycles. The monoisotopic (exact) mass is 579 g/mol. The fraction of sp³-hybridized carbons (Fsp3) is 0.935. The van der Waals surface area contributed by atoms with E-state index >= 15 is 0 Å². The lowest BCUT2D eigenvalue weighted by Gasteiger charge is -2.72. The standard InChI is InChI=1S/C31H47BrClNO2/c1-26(2)12-14-31-15-13-29(6)19(22(31)24(26)36-18-31)8-9-21-28(5,16-17-34)20(10-11-30(21,29)7)27(3,4)23(35)25(32)33/h19-22,24-25H,8-16,18H2,1-7H3/t19-,20+,21-,22+,24-,25-,28+,29-,30-,31-/m1/s1. The lowest BCUT2D eigenvalue weighted by Crippen LogP contribution is -2.66. The van der Waals surface area contributed by atoms with E-state index in [4.69, 9.17) is 16.3 Å². The molecule has 0 N–H and O–H groups in total. The van der Waals surface area contributed by atoms with E-state index in [1.54, 1.807) is 0 Å². The third-order valence-electron chi connectivity index (χ3n) is 13.6. The maximum atomic E-state index is 13.3. The first-order valence-corrected chi connectivity index (χ1v) is 15.8. The highest BCUT2D eigenvalue weighted by molar-refractivity contribution is 9.10. The highest BCUT2D eigenvalue weighted by Gasteiger charge is 2.72. The number of Topliss-reactive ketones (excluding diaryl/α,β-unsaturated/α-hetero) is 1. The van der Waals surface area contributed by atoms with Crippen LogP contribution in [0.25, 0.3) is 0 Å². The van der Waals surface area contributed by atoms with Crippen LogP contribution in [0.2, 0.25) is 0 Å². The molecule has 0 radical (unpaired) electrons. The van der Waals surface area contributed by atoms with E-state index in [2.05, 4.69) is 70.5 Å². The number of halogens is 2. The molecular weight excluding hydrogens is 534 g/mol. The summed E-state index contributed by atoms with van der Waals surface area (Å²) in [5.74, 6) is 2.00. The van der Waals surface area contributed by atoms with Crippen molar-refractivity contribution < 1.29 is 9.53 Å². The first-order chi connectivity index (χ1) is 16.6. The quantitative estimate of drug-likeness (QED) is 0.313. The molecule has 3 nitrogen and oxygen atoms in total. The molecule has 10 atom stereocenters. The van der Waals surface area contributed by atoms with Crippen LogP contribution in [0.4, 0.5) is 0 Å². The van der Waals surface area contributed by atoms with Crippen molar-refractivity contribution in [1.82, 2.24) is 0 Å². The Morgan fingerprint density at radius 1 is 1.06 bits per heavy atom. The van der Waals surface area contributed by atoms with Crippen LogP contribution in [-0.2, 0) is 9.53 Å². The highest BCUT2D eigenvalue weighted by atomic mass is 79.9. The molecule has 1 saturated heterocycles. The minimum Gasteiger partial charge on any atom is -0.377 e. The van der Waals surface area contributed by atoms with Gasteiger partial charge in [0, 0.05) is 11.8 Å². The summed E-state index contributed by atoms with van der Waals surface area (Å²) in [7, 11) is 0. The zero-order valence-corrected chi connectivity index (χ0v) is 25.9. The van der Waals surface area contributed by atoms with Crippen molar-refractivity contribution in [2.75, 3.05) is 6.61 Å². The fourth-order valence-corrected chi connectivity index (χ4v) is 12.3. The van der Waals surface area contributed by atoms with Crippen LogP contribution in [0.1, 0.15) is 106 Å². The predicted octanol–water partition coefficient (Wildman–Crippen LogP) is 8.53. The molecule has 0 aromatic carbocycles. The van der Waals surface area contributed by atoms with E-state index in [9.17, 15) is 10.1 Å². The molecule has 4 aliphatic carbocycles. The smallest absolute Gasteiger partial charge is 0.167 e. The summed E-state index contributed by atoms with van der Waals surface area (Å²) < 4.78 is 6.00. The van der Waals surface area contributed by atoms with Gasteiger partial charge in [0.2, 0.25) is 0 Å². The lowest BCUT2D eigenvalue weighted by atomic mass is 9.32. The van der Waals surface area contributed by atoms with Gasteiger partial charge in [-0.05, 0) is 102 Å². The number of nitriles is 1. The Kier molecular flexibility index (Phi) is 6.44. The Hall–Kier alpha value is -0.110. The maximum Gasteiger partial charge on any atom is 0.167 e. The summed E-state index contributed by atoms with van der Waals surface area (Å²) in [4.78, 5) is 13.3. The van der Waals surface area contributed by atoms with E-state index in [0.717, 1.165) is 25.9 Å². The molecule has 5 fully saturated rings. The van der Waals surface area contributed by atoms with Gasteiger partial charge in [0.25, 0.3) is 0 Å². The van der Waals surface area contributed by atoms with E-state index in [0.29, 0.717) is 35.7 Å². The van der Waals surface area contributed by atoms with Gasteiger partial charge in [-0.1, -0.05) is 64.4 Å². The normalized spacial score (nSPS) is 50.3. The number of fused-ring (bicyclic) bond motifs is 3. The summed E-state index contributed by atoms with van der Waals surface area (Å²) in [6.45, 7) is 17.5. The van der Waals surface area contributed by atoms with Crippen molar-refractivity contribution in [3.05, 3.63) is 0 Å². The van der Waals surface area contributed by atoms with Gasteiger partial charge in [-0.2, -0.15) is 5.26 Å². The average molecular weight is 581 g/mol. The molecule has 0 aromatic heterocycles. The molecule has 5 rings (SSSR count). The Bertz CT molecular complexity index is 972. The number of nitrogens with zero attached hydrogens (tertiary/aromatic N) is 1. The number of alkyl halides is 2. The molecule has 202 valence electrons. The summed E-state index contributed by atoms with van der Waals surface area (Å²) in [5, 5.41) is 10.1. The predicted molar refractivity (Wildman–Crippen MR) is 149 cm³/mol. The highest BCUT2D eigenvalue weighted by Crippen LogP contribution is 2.77. The third-order valence-corrected chi connectivity index (χ3v) is 14.2. The molecule has 5 aliphatic rings. The number of hydrogen-bond acceptors (Lipinski definition) is 3. The summed E-state index contributed by atoms with van der Waals surface area (Å²) >= 11 is 9.64. The van der Waals surface area contributed by atoms with Gasteiger partial charge in [0.15, 0.2) is 5.78 Å². The Morgan fingerprint density at radius 2 is 1.72 bits per heavy atom. The second-order valence-electron chi connectivity index (χ2n) is 15.5. The van der Waals surface area contributed by atoms with E-state index in [1.807, 2.05) is 0 Å². The second-order valence-corrected chi connectivity index (χ2v) is 17.4. The van der Waals surface area contributed by atoms with Gasteiger partial charge in [-0.25, -0.2) is 0 Å². The van der Waals surface area contributed by atoms with Crippen LogP contribution in [0.15, 0.2) is 0 Å². The molecule has 4 saturated carbocycles. The first-order valence-electron chi connectivity index (χ1n) is 14.4. The maximum absolute atomic E-state index is 13.3. The Labute approximate surface area is 232 Å². The minimum atomic E-state index is -0.680. The summed E-state index contributed by atoms with van der Waals surface area (Å²) in [6.07, 6.45) is 10.6. The molecule has 0 aromatic rings. The Balaban J connectivity index is 1.55. The average Bonchev–Trinajstić information content (AvgIpc) is 3.12. The first kappa shape index (κ1) is 27.5. The van der Waals surface area contributed by atoms with Gasteiger partial charge in [0.05, 0.1) is 18.8 Å². The van der Waals surface area contributed by atoms with Crippen molar-refractivity contribution >= 4 is 33.3 Å². The minimum absolute atomic E-state index is 0.0552. The largest absolute Gasteiger partial charge is 0.377 e. The zero-order chi connectivity index (χ0) is 26.5. The molecule has 0 spiro atoms. The van der Waals surface area contributed by atoms with Crippen LogP contribution in [0, 0.1) is 67.5 Å². The number of hydrogen-bond donors (Lipinski definition) is 0. The van der Waals surface area contributed by atoms with Crippen LogP contribution in [0.3, 0.4) is 0 Å². The SMILES string of the molecule is CC1(C)CC[C@]23CC[C@]4(C)[C@H](CC[C@@H]5[C@@](C)(CC#N)[C@H](C(C)(C)C(=O)[C@@H](Cl)Br)CC[C@]54C)[C@H]2[C@H]1OC3. The van der Waals surface area contributed by atoms with Gasteiger partial charge >= 0.3 is 0 Å². The topological polar surface area (TPSA) is 50.1 Å². The molecule has 0 unspecified atom stereocenters. The van der Waals surface area contributed by atoms with Gasteiger partial charge < -0.3 is 4.74 Å². The van der Waals surface area contributed by atoms with Crippen LogP contribution >= 0.6 is 27.5 Å². The second kappa shape index (κ2) is 8.44. The fourth-order valence-electron chi connectivity index (χ4n) is 11.4. The molecule has 36 heavy (non-hydrogen) atoms. The number of carbonyl (C=O) groups excluding carboxylic acids is 1. The number of ether oxygens (including phenoxy) is 1. The summed E-state index contributed by atoms with van der Waals surface area (Å²) in [6, 6.07) is 2.59.